The first-order chi connectivity index (χ1) is 22.8. The van der Waals surface area contributed by atoms with Crippen molar-refractivity contribution in [3.8, 4) is 0 Å². The van der Waals surface area contributed by atoms with Crippen LogP contribution >= 0.6 is 7.82 Å². The number of nitrogens with two attached hydrogens (primary N) is 1. The monoisotopic (exact) mass is 681 g/mol. The summed E-state index contributed by atoms with van der Waals surface area (Å²) in [5, 5.41) is 0. The first-order valence-electron chi connectivity index (χ1n) is 17.8. The molecule has 1 unspecified atom stereocenters. The van der Waals surface area contributed by atoms with Crippen LogP contribution in [0.25, 0.3) is 0 Å². The van der Waals surface area contributed by atoms with Crippen LogP contribution in [0.1, 0.15) is 129 Å². The first kappa shape index (κ1) is 44.7. The maximum Gasteiger partial charge on any atom is 0.472 e. The van der Waals surface area contributed by atoms with Crippen LogP contribution < -0.4 is 5.73 Å². The molecule has 0 saturated carbocycles. The van der Waals surface area contributed by atoms with Crippen molar-refractivity contribution in [3.05, 3.63) is 60.8 Å². The van der Waals surface area contributed by atoms with Crippen molar-refractivity contribution < 1.29 is 37.6 Å². The van der Waals surface area contributed by atoms with E-state index in [0.29, 0.717) is 12.8 Å². The highest BCUT2D eigenvalue weighted by molar-refractivity contribution is 7.47. The molecule has 3 N–H and O–H groups in total. The number of ether oxygens (including phenoxy) is 2. The van der Waals surface area contributed by atoms with Crippen LogP contribution in [-0.4, -0.2) is 49.3 Å². The summed E-state index contributed by atoms with van der Waals surface area (Å²) in [7, 11) is -4.38. The Kier molecular flexibility index (Phi) is 32.0. The van der Waals surface area contributed by atoms with Gasteiger partial charge in [0.1, 0.15) is 6.61 Å². The minimum Gasteiger partial charge on any atom is -0.462 e. The van der Waals surface area contributed by atoms with Crippen LogP contribution in [0, 0.1) is 0 Å². The molecule has 0 aromatic heterocycles. The van der Waals surface area contributed by atoms with Crippen LogP contribution in [-0.2, 0) is 32.7 Å². The highest BCUT2D eigenvalue weighted by Gasteiger charge is 2.25. The average molecular weight is 682 g/mol. The Morgan fingerprint density at radius 3 is 1.72 bits per heavy atom. The molecule has 2 atom stereocenters. The quantitative estimate of drug-likeness (QED) is 0.0308. The van der Waals surface area contributed by atoms with Crippen molar-refractivity contribution in [2.45, 2.75) is 136 Å². The molecule has 0 rings (SSSR count). The third-order valence-electron chi connectivity index (χ3n) is 6.92. The maximum absolute atomic E-state index is 12.4. The van der Waals surface area contributed by atoms with Gasteiger partial charge in [-0.25, -0.2) is 4.57 Å². The fraction of sp³-hybridized carbons (Fsp3) is 0.676. The minimum atomic E-state index is -4.38. The lowest BCUT2D eigenvalue weighted by molar-refractivity contribution is -0.161. The SMILES string of the molecule is CCCCC/C=C/C/C=C/C/C=C/C/C=C/C/C=C/CCC(=O)OC[C@@H](COP(=O)(O)OCCN)OC(=O)CCCCCCCCC. The molecule has 0 aliphatic heterocycles. The summed E-state index contributed by atoms with van der Waals surface area (Å²) >= 11 is 0. The molecule has 0 fully saturated rings. The first-order valence-corrected chi connectivity index (χ1v) is 19.3. The smallest absolute Gasteiger partial charge is 0.462 e. The molecule has 0 saturated heterocycles. The Morgan fingerprint density at radius 2 is 1.15 bits per heavy atom. The van der Waals surface area contributed by atoms with E-state index in [4.69, 9.17) is 24.3 Å². The molecule has 47 heavy (non-hydrogen) atoms. The van der Waals surface area contributed by atoms with Crippen LogP contribution in [0.15, 0.2) is 60.8 Å². The van der Waals surface area contributed by atoms with Gasteiger partial charge in [-0.15, -0.1) is 0 Å². The minimum absolute atomic E-state index is 0.0421. The molecule has 0 amide bonds. The largest absolute Gasteiger partial charge is 0.472 e. The predicted octanol–water partition coefficient (Wildman–Crippen LogP) is 9.38. The summed E-state index contributed by atoms with van der Waals surface area (Å²) in [6.07, 6.45) is 37.2. The average Bonchev–Trinajstić information content (AvgIpc) is 3.05. The Balaban J connectivity index is 4.32. The molecule has 0 aliphatic carbocycles. The normalized spacial score (nSPS) is 14.2. The molecule has 0 spiro atoms. The van der Waals surface area contributed by atoms with Crippen LogP contribution in [0.2, 0.25) is 0 Å². The zero-order valence-corrected chi connectivity index (χ0v) is 30.1. The summed E-state index contributed by atoms with van der Waals surface area (Å²) in [5.74, 6) is -0.939. The number of allylic oxidation sites excluding steroid dienone is 10. The Morgan fingerprint density at radius 1 is 0.638 bits per heavy atom. The summed E-state index contributed by atoms with van der Waals surface area (Å²) < 4.78 is 32.4. The van der Waals surface area contributed by atoms with Crippen molar-refractivity contribution in [2.75, 3.05) is 26.4 Å². The van der Waals surface area contributed by atoms with Gasteiger partial charge in [-0.05, 0) is 51.4 Å². The van der Waals surface area contributed by atoms with Gasteiger partial charge < -0.3 is 20.1 Å². The van der Waals surface area contributed by atoms with E-state index in [2.05, 4.69) is 62.5 Å². The highest BCUT2D eigenvalue weighted by Crippen LogP contribution is 2.43. The number of unbranched alkanes of at least 4 members (excludes halogenated alkanes) is 9. The van der Waals surface area contributed by atoms with Crippen molar-refractivity contribution in [1.82, 2.24) is 0 Å². The van der Waals surface area contributed by atoms with E-state index in [1.807, 2.05) is 12.2 Å². The lowest BCUT2D eigenvalue weighted by Gasteiger charge is -2.19. The van der Waals surface area contributed by atoms with E-state index < -0.39 is 32.5 Å². The molecule has 9 nitrogen and oxygen atoms in total. The molecule has 0 aliphatic rings. The van der Waals surface area contributed by atoms with E-state index in [1.165, 1.54) is 44.9 Å². The van der Waals surface area contributed by atoms with E-state index >= 15 is 0 Å². The van der Waals surface area contributed by atoms with Crippen LogP contribution in [0.5, 0.6) is 0 Å². The number of hydrogen-bond acceptors (Lipinski definition) is 8. The second kappa shape index (κ2) is 33.6. The molecule has 10 heteroatoms. The fourth-order valence-corrected chi connectivity index (χ4v) is 5.03. The number of esters is 2. The fourth-order valence-electron chi connectivity index (χ4n) is 4.26. The van der Waals surface area contributed by atoms with Gasteiger partial charge >= 0.3 is 19.8 Å². The number of carbonyl (C=O) groups is 2. The predicted molar refractivity (Wildman–Crippen MR) is 192 cm³/mol. The molecule has 0 heterocycles. The molecule has 0 aromatic carbocycles. The van der Waals surface area contributed by atoms with E-state index in [-0.39, 0.29) is 32.6 Å². The molecule has 0 radical (unpaired) electrons. The topological polar surface area (TPSA) is 134 Å². The van der Waals surface area contributed by atoms with Gasteiger partial charge in [0.2, 0.25) is 0 Å². The third-order valence-corrected chi connectivity index (χ3v) is 7.90. The van der Waals surface area contributed by atoms with Gasteiger partial charge in [0.25, 0.3) is 0 Å². The summed E-state index contributed by atoms with van der Waals surface area (Å²) in [5.41, 5.74) is 5.30. The second-order valence-electron chi connectivity index (χ2n) is 11.4. The Hall–Kier alpha value is -2.29. The van der Waals surface area contributed by atoms with Gasteiger partial charge in [-0.2, -0.15) is 0 Å². The summed E-state index contributed by atoms with van der Waals surface area (Å²) in [6.45, 7) is 3.53. The van der Waals surface area contributed by atoms with E-state index in [1.54, 1.807) is 0 Å². The summed E-state index contributed by atoms with van der Waals surface area (Å²) in [6, 6.07) is 0. The van der Waals surface area contributed by atoms with E-state index in [9.17, 15) is 19.0 Å². The zero-order chi connectivity index (χ0) is 34.7. The zero-order valence-electron chi connectivity index (χ0n) is 29.2. The maximum atomic E-state index is 12.4. The van der Waals surface area contributed by atoms with Crippen molar-refractivity contribution >= 4 is 19.8 Å². The van der Waals surface area contributed by atoms with Gasteiger partial charge in [-0.3, -0.25) is 18.6 Å². The lowest BCUT2D eigenvalue weighted by atomic mass is 10.1. The van der Waals surface area contributed by atoms with Crippen molar-refractivity contribution in [3.63, 3.8) is 0 Å². The van der Waals surface area contributed by atoms with Gasteiger partial charge in [0, 0.05) is 19.4 Å². The standard InChI is InChI=1S/C37H64NO8P/c1-3-5-7-9-11-12-13-14-15-16-17-18-19-20-21-22-24-25-27-29-36(39)43-33-35(34-45-47(41,42)44-32-31-38)46-37(40)30-28-26-23-10-8-6-4-2/h11-12,14-15,17-18,20-21,24-25,35H,3-10,13,16,19,22-23,26-34,38H2,1-2H3,(H,41,42)/b12-11+,15-14+,18-17+,21-20+,25-24+/t35-/m0/s1. The number of phosphoric acid groups is 1. The van der Waals surface area contributed by atoms with Gasteiger partial charge in [0.05, 0.1) is 13.2 Å². The molecule has 0 bridgehead atoms. The third kappa shape index (κ3) is 33.4. The van der Waals surface area contributed by atoms with Gasteiger partial charge in [0.15, 0.2) is 6.10 Å². The number of carbonyl (C=O) groups excluding carboxylic acids is 2. The highest BCUT2D eigenvalue weighted by atomic mass is 31.2. The Labute approximate surface area is 285 Å². The number of rotatable bonds is 32. The van der Waals surface area contributed by atoms with E-state index in [0.717, 1.165) is 44.9 Å². The molecule has 0 aromatic rings. The molecule has 270 valence electrons. The van der Waals surface area contributed by atoms with Gasteiger partial charge in [-0.1, -0.05) is 126 Å². The Bertz CT molecular complexity index is 960. The number of hydrogen-bond donors (Lipinski definition) is 2. The molecular formula is C37H64NO8P. The van der Waals surface area contributed by atoms with Crippen molar-refractivity contribution in [2.24, 2.45) is 5.73 Å². The van der Waals surface area contributed by atoms with Crippen LogP contribution in [0.4, 0.5) is 0 Å². The summed E-state index contributed by atoms with van der Waals surface area (Å²) in [4.78, 5) is 34.4. The second-order valence-corrected chi connectivity index (χ2v) is 12.8. The molecular weight excluding hydrogens is 617 g/mol. The number of phosphoric ester groups is 1. The van der Waals surface area contributed by atoms with Crippen molar-refractivity contribution in [1.29, 1.82) is 0 Å². The lowest BCUT2D eigenvalue weighted by Crippen LogP contribution is -2.29. The van der Waals surface area contributed by atoms with Crippen LogP contribution in [0.3, 0.4) is 0 Å².